The first-order valence-corrected chi connectivity index (χ1v) is 7.21. The summed E-state index contributed by atoms with van der Waals surface area (Å²) in [6.07, 6.45) is 1.90. The molecule has 1 aromatic carbocycles. The van der Waals surface area contributed by atoms with Gasteiger partial charge < -0.3 is 0 Å². The minimum absolute atomic E-state index is 0.0182. The molecular formula is C12H13N5Se. The van der Waals surface area contributed by atoms with Crippen LogP contribution in [0.1, 0.15) is 11.3 Å². The topological polar surface area (TPSA) is 54.6 Å². The van der Waals surface area contributed by atoms with Crippen molar-refractivity contribution in [2.45, 2.75) is 13.5 Å². The van der Waals surface area contributed by atoms with Gasteiger partial charge in [-0.2, -0.15) is 0 Å². The predicted octanol–water partition coefficient (Wildman–Crippen LogP) is 2.69. The van der Waals surface area contributed by atoms with Gasteiger partial charge in [0.15, 0.2) is 0 Å². The van der Waals surface area contributed by atoms with Crippen molar-refractivity contribution < 1.29 is 0 Å². The second kappa shape index (κ2) is 4.55. The molecule has 0 radical (unpaired) electrons. The van der Waals surface area contributed by atoms with Gasteiger partial charge in [-0.15, -0.1) is 0 Å². The Kier molecular flexibility index (Phi) is 2.89. The van der Waals surface area contributed by atoms with Crippen LogP contribution in [-0.4, -0.2) is 24.3 Å². The number of nitrogens with zero attached hydrogens (tertiary/aromatic N) is 4. The molecular weight excluding hydrogens is 293 g/mol. The Balaban J connectivity index is 1.81. The fourth-order valence-electron chi connectivity index (χ4n) is 1.86. The first-order chi connectivity index (χ1) is 8.75. The molecule has 0 bridgehead atoms. The molecule has 5 nitrogen and oxygen atoms in total. The summed E-state index contributed by atoms with van der Waals surface area (Å²) in [5.74, 6) is 0. The third-order valence-electron chi connectivity index (χ3n) is 3.09. The zero-order valence-corrected chi connectivity index (χ0v) is 11.9. The van der Waals surface area contributed by atoms with Gasteiger partial charge in [-0.05, 0) is 0 Å². The van der Waals surface area contributed by atoms with Crippen molar-refractivity contribution in [1.29, 1.82) is 0 Å². The van der Waals surface area contributed by atoms with Crippen LogP contribution in [0.4, 0.5) is 17.1 Å². The molecule has 2 heterocycles. The number of nitrogens with one attached hydrogen (secondary N) is 1. The van der Waals surface area contributed by atoms with Gasteiger partial charge >= 0.3 is 111 Å². The van der Waals surface area contributed by atoms with E-state index < -0.39 is 0 Å². The van der Waals surface area contributed by atoms with Crippen LogP contribution in [0.25, 0.3) is 0 Å². The monoisotopic (exact) mass is 307 g/mol. The predicted molar refractivity (Wildman–Crippen MR) is 71.6 cm³/mol. The maximum atomic E-state index is 4.45. The van der Waals surface area contributed by atoms with Gasteiger partial charge in [0.1, 0.15) is 0 Å². The van der Waals surface area contributed by atoms with Crippen LogP contribution in [0.15, 0.2) is 32.3 Å². The molecule has 0 saturated carbocycles. The molecule has 3 rings (SSSR count). The molecule has 1 aromatic heterocycles. The summed E-state index contributed by atoms with van der Waals surface area (Å²) in [5.41, 5.74) is 5.44. The molecule has 0 fully saturated rings. The molecule has 6 heteroatoms. The van der Waals surface area contributed by atoms with E-state index in [4.69, 9.17) is 0 Å². The van der Waals surface area contributed by atoms with Crippen LogP contribution in [-0.2, 0) is 13.6 Å². The quantitative estimate of drug-likeness (QED) is 0.756. The van der Waals surface area contributed by atoms with Gasteiger partial charge in [-0.1, -0.05) is 0 Å². The Morgan fingerprint density at radius 2 is 2.22 bits per heavy atom. The molecule has 18 heavy (non-hydrogen) atoms. The van der Waals surface area contributed by atoms with E-state index in [1.54, 1.807) is 0 Å². The van der Waals surface area contributed by atoms with Crippen molar-refractivity contribution in [3.63, 3.8) is 0 Å². The number of benzene rings is 1. The first kappa shape index (κ1) is 11.4. The molecule has 1 aliphatic rings. The van der Waals surface area contributed by atoms with E-state index in [9.17, 15) is 0 Å². The number of hydrogen-bond acceptors (Lipinski definition) is 4. The molecule has 0 amide bonds. The second-order valence-electron chi connectivity index (χ2n) is 4.17. The number of aromatic nitrogens is 2. The average molecular weight is 306 g/mol. The average Bonchev–Trinajstić information content (AvgIpc) is 2.97. The Morgan fingerprint density at radius 3 is 3.00 bits per heavy atom. The van der Waals surface area contributed by atoms with Gasteiger partial charge in [0.2, 0.25) is 0 Å². The van der Waals surface area contributed by atoms with Crippen LogP contribution >= 0.6 is 0 Å². The molecule has 0 unspecified atom stereocenters. The van der Waals surface area contributed by atoms with Crippen molar-refractivity contribution in [2.75, 3.05) is 5.32 Å². The van der Waals surface area contributed by atoms with Crippen LogP contribution in [0.3, 0.4) is 0 Å². The normalized spacial score (nSPS) is 12.3. The molecule has 1 aliphatic heterocycles. The summed E-state index contributed by atoms with van der Waals surface area (Å²) in [7, 11) is 1.95. The minimum atomic E-state index is 0.0182. The molecule has 0 saturated heterocycles. The number of fused-ring (bicyclic) bond motifs is 1. The van der Waals surface area contributed by atoms with E-state index in [2.05, 4.69) is 25.3 Å². The number of aryl methyl sites for hydroxylation is 1. The summed E-state index contributed by atoms with van der Waals surface area (Å²) < 4.78 is 10.7. The van der Waals surface area contributed by atoms with Gasteiger partial charge in [-0.25, -0.2) is 0 Å². The number of hydrogen-bond donors (Lipinski definition) is 1. The van der Waals surface area contributed by atoms with E-state index >= 15 is 0 Å². The summed E-state index contributed by atoms with van der Waals surface area (Å²) in [6, 6.07) is 6.07. The van der Waals surface area contributed by atoms with Crippen LogP contribution in [0, 0.1) is 6.92 Å². The summed E-state index contributed by atoms with van der Waals surface area (Å²) >= 11 is 0.0182. The van der Waals surface area contributed by atoms with Crippen molar-refractivity contribution in [3.05, 3.63) is 35.7 Å². The number of anilines is 1. The fourth-order valence-corrected chi connectivity index (χ4v) is 3.01. The Hall–Kier alpha value is -1.65. The maximum absolute atomic E-state index is 4.45. The van der Waals surface area contributed by atoms with Gasteiger partial charge in [-0.3, -0.25) is 0 Å². The molecule has 0 atom stereocenters. The van der Waals surface area contributed by atoms with Gasteiger partial charge in [0.05, 0.1) is 0 Å². The Morgan fingerprint density at radius 1 is 1.33 bits per heavy atom. The Labute approximate surface area is 111 Å². The van der Waals surface area contributed by atoms with Crippen molar-refractivity contribution in [3.8, 4) is 0 Å². The van der Waals surface area contributed by atoms with E-state index in [-0.39, 0.29) is 14.6 Å². The van der Waals surface area contributed by atoms with Crippen LogP contribution in [0.2, 0.25) is 0 Å². The fraction of sp³-hybridized carbons (Fsp3) is 0.250. The van der Waals surface area contributed by atoms with Crippen LogP contribution < -0.4 is 5.32 Å². The zero-order chi connectivity index (χ0) is 12.5. The van der Waals surface area contributed by atoms with Gasteiger partial charge in [0.25, 0.3) is 0 Å². The van der Waals surface area contributed by atoms with Crippen molar-refractivity contribution in [1.82, 2.24) is 9.78 Å². The molecule has 1 N–H and O–H groups in total. The molecule has 2 aromatic rings. The summed E-state index contributed by atoms with van der Waals surface area (Å²) in [4.78, 5) is 0. The third-order valence-corrected chi connectivity index (χ3v) is 4.23. The molecule has 92 valence electrons. The van der Waals surface area contributed by atoms with E-state index in [1.165, 1.54) is 11.3 Å². The van der Waals surface area contributed by atoms with E-state index in [0.29, 0.717) is 0 Å². The van der Waals surface area contributed by atoms with Crippen molar-refractivity contribution >= 4 is 31.6 Å². The zero-order valence-electron chi connectivity index (χ0n) is 10.2. The molecule has 0 spiro atoms. The standard InChI is InChI=1S/C12H13N5Se/c1-8-9(7-14-17(8)2)6-13-10-4-3-5-11-12(10)16-18-15-11/h3-5,7,13H,6H2,1-2H3. The molecule has 0 aliphatic carbocycles. The number of rotatable bonds is 3. The Bertz CT molecular complexity index is 667. The van der Waals surface area contributed by atoms with Crippen LogP contribution in [0.5, 0.6) is 0 Å². The van der Waals surface area contributed by atoms with Gasteiger partial charge in [0, 0.05) is 0 Å². The SMILES string of the molecule is Cc1c(CNc2cccc3c2N=[Se]=N3)cnn1C. The van der Waals surface area contributed by atoms with E-state index in [1.807, 2.05) is 36.1 Å². The first-order valence-electron chi connectivity index (χ1n) is 5.68. The third kappa shape index (κ3) is 1.94. The second-order valence-corrected chi connectivity index (χ2v) is 5.28. The van der Waals surface area contributed by atoms with Crippen molar-refractivity contribution in [2.24, 2.45) is 15.0 Å². The van der Waals surface area contributed by atoms with E-state index in [0.717, 1.165) is 23.6 Å². The summed E-state index contributed by atoms with van der Waals surface area (Å²) in [5, 5.41) is 7.66. The summed E-state index contributed by atoms with van der Waals surface area (Å²) in [6.45, 7) is 2.83.